The summed E-state index contributed by atoms with van der Waals surface area (Å²) in [7, 11) is 2.11. The quantitative estimate of drug-likeness (QED) is 0.354. The number of carbonyl (C=O) groups is 3. The molecular weight excluding hydrogens is 482 g/mol. The Bertz CT molecular complexity index is 1050. The summed E-state index contributed by atoms with van der Waals surface area (Å²) in [4.78, 5) is 43.6. The van der Waals surface area contributed by atoms with Crippen molar-refractivity contribution in [2.24, 2.45) is 5.92 Å². The van der Waals surface area contributed by atoms with Crippen molar-refractivity contribution in [2.45, 2.75) is 45.3 Å². The van der Waals surface area contributed by atoms with E-state index in [-0.39, 0.29) is 24.9 Å². The third kappa shape index (κ3) is 8.29. The molecule has 3 unspecified atom stereocenters. The molecule has 4 N–H and O–H groups in total. The lowest BCUT2D eigenvalue weighted by Crippen LogP contribution is -2.55. The number of nitrogens with one attached hydrogen (secondary N) is 3. The van der Waals surface area contributed by atoms with E-state index in [0.717, 1.165) is 37.4 Å². The number of anilines is 1. The van der Waals surface area contributed by atoms with E-state index in [4.69, 9.17) is 0 Å². The van der Waals surface area contributed by atoms with Crippen molar-refractivity contribution in [3.63, 3.8) is 0 Å². The number of likely N-dealkylation sites (N-methyl/N-ethyl adjacent to an activating group) is 1. The summed E-state index contributed by atoms with van der Waals surface area (Å²) >= 11 is 0. The molecule has 0 bridgehead atoms. The monoisotopic (exact) mass is 523 g/mol. The number of rotatable bonds is 11. The predicted octanol–water partition coefficient (Wildman–Crippen LogP) is 1.42. The van der Waals surface area contributed by atoms with Crippen LogP contribution in [0, 0.1) is 5.92 Å². The second kappa shape index (κ2) is 13.9. The van der Waals surface area contributed by atoms with Gasteiger partial charge in [0.05, 0.1) is 12.6 Å². The molecule has 1 saturated heterocycles. The van der Waals surface area contributed by atoms with E-state index in [0.29, 0.717) is 5.56 Å². The third-order valence-corrected chi connectivity index (χ3v) is 6.98. The van der Waals surface area contributed by atoms with Crippen LogP contribution in [0.3, 0.4) is 0 Å². The highest BCUT2D eigenvalue weighted by atomic mass is 16.3. The molecule has 1 aliphatic heterocycles. The Morgan fingerprint density at radius 2 is 1.47 bits per heavy atom. The van der Waals surface area contributed by atoms with Crippen LogP contribution < -0.4 is 20.9 Å². The first-order chi connectivity index (χ1) is 18.2. The van der Waals surface area contributed by atoms with Crippen LogP contribution in [0.1, 0.15) is 36.7 Å². The molecule has 0 saturated carbocycles. The lowest BCUT2D eigenvalue weighted by Gasteiger charge is -2.34. The van der Waals surface area contributed by atoms with Gasteiger partial charge in [0, 0.05) is 43.9 Å². The van der Waals surface area contributed by atoms with E-state index in [2.05, 4.69) is 32.8 Å². The van der Waals surface area contributed by atoms with Gasteiger partial charge in [0.15, 0.2) is 0 Å². The first kappa shape index (κ1) is 29.1. The van der Waals surface area contributed by atoms with Crippen LogP contribution in [-0.2, 0) is 16.0 Å². The van der Waals surface area contributed by atoms with Crippen LogP contribution in [-0.4, -0.2) is 85.7 Å². The van der Waals surface area contributed by atoms with E-state index in [1.54, 1.807) is 19.1 Å². The fourth-order valence-corrected chi connectivity index (χ4v) is 4.30. The first-order valence-electron chi connectivity index (χ1n) is 13.3. The molecule has 1 fully saturated rings. The second-order valence-electron chi connectivity index (χ2n) is 10.3. The van der Waals surface area contributed by atoms with E-state index in [9.17, 15) is 19.5 Å². The van der Waals surface area contributed by atoms with Gasteiger partial charge in [-0.05, 0) is 49.7 Å². The van der Waals surface area contributed by atoms with E-state index in [1.165, 1.54) is 0 Å². The number of benzene rings is 2. The molecule has 206 valence electrons. The van der Waals surface area contributed by atoms with Gasteiger partial charge in [0.1, 0.15) is 12.1 Å². The highest BCUT2D eigenvalue weighted by Gasteiger charge is 2.27. The maximum absolute atomic E-state index is 13.2. The molecule has 1 heterocycles. The van der Waals surface area contributed by atoms with E-state index < -0.39 is 29.9 Å². The summed E-state index contributed by atoms with van der Waals surface area (Å²) in [5.41, 5.74) is 2.41. The number of aliphatic hydroxyl groups is 1. The predicted molar refractivity (Wildman–Crippen MR) is 149 cm³/mol. The molecule has 3 rings (SSSR count). The highest BCUT2D eigenvalue weighted by molar-refractivity contribution is 5.98. The average molecular weight is 524 g/mol. The van der Waals surface area contributed by atoms with Gasteiger partial charge in [-0.3, -0.25) is 14.4 Å². The first-order valence-corrected chi connectivity index (χ1v) is 13.3. The van der Waals surface area contributed by atoms with Crippen LogP contribution in [0.25, 0.3) is 0 Å². The lowest BCUT2D eigenvalue weighted by atomic mass is 10.0. The molecule has 0 aromatic heterocycles. The lowest BCUT2D eigenvalue weighted by molar-refractivity contribution is -0.130. The Hall–Kier alpha value is -3.43. The molecule has 9 heteroatoms. The molecule has 2 aromatic rings. The maximum atomic E-state index is 13.2. The van der Waals surface area contributed by atoms with Crippen molar-refractivity contribution in [2.75, 3.05) is 44.7 Å². The maximum Gasteiger partial charge on any atom is 0.251 e. The van der Waals surface area contributed by atoms with Crippen LogP contribution in [0.5, 0.6) is 0 Å². The number of piperazine rings is 1. The molecule has 0 spiro atoms. The van der Waals surface area contributed by atoms with Gasteiger partial charge in [-0.25, -0.2) is 0 Å². The van der Waals surface area contributed by atoms with Gasteiger partial charge in [-0.15, -0.1) is 0 Å². The number of carbonyl (C=O) groups excluding carboxylic acids is 3. The number of aliphatic hydroxyl groups excluding tert-OH is 1. The van der Waals surface area contributed by atoms with Crippen LogP contribution >= 0.6 is 0 Å². The van der Waals surface area contributed by atoms with Crippen LogP contribution in [0.4, 0.5) is 5.69 Å². The number of hydrogen-bond acceptors (Lipinski definition) is 6. The fourth-order valence-electron chi connectivity index (χ4n) is 4.30. The molecule has 2 aromatic carbocycles. The molecule has 0 radical (unpaired) electrons. The zero-order chi connectivity index (χ0) is 27.7. The minimum Gasteiger partial charge on any atom is -0.394 e. The van der Waals surface area contributed by atoms with E-state index in [1.807, 2.05) is 56.3 Å². The number of nitrogens with zero attached hydrogens (tertiary/aromatic N) is 2. The molecule has 9 nitrogen and oxygen atoms in total. The Morgan fingerprint density at radius 1 is 0.842 bits per heavy atom. The zero-order valence-corrected chi connectivity index (χ0v) is 22.8. The van der Waals surface area contributed by atoms with Crippen molar-refractivity contribution >= 4 is 23.4 Å². The largest absolute Gasteiger partial charge is 0.394 e. The highest BCUT2D eigenvalue weighted by Crippen LogP contribution is 2.17. The molecular formula is C29H41N5O4. The minimum atomic E-state index is -0.879. The van der Waals surface area contributed by atoms with Gasteiger partial charge in [0.2, 0.25) is 11.8 Å². The van der Waals surface area contributed by atoms with Crippen molar-refractivity contribution in [1.29, 1.82) is 0 Å². The van der Waals surface area contributed by atoms with Crippen molar-refractivity contribution in [1.82, 2.24) is 20.9 Å². The smallest absolute Gasteiger partial charge is 0.251 e. The zero-order valence-electron chi connectivity index (χ0n) is 22.8. The van der Waals surface area contributed by atoms with Gasteiger partial charge < -0.3 is 30.9 Å². The number of hydrogen-bond donors (Lipinski definition) is 4. The Labute approximate surface area is 225 Å². The molecule has 38 heavy (non-hydrogen) atoms. The standard InChI is InChI=1S/C29H41N5O4/c1-20(2)26(19-35)32-27(36)21(3)30-29(38)25(18-22-8-6-5-7-9-22)31-28(37)23-10-12-24(13-11-23)34-16-14-33(4)15-17-34/h5-13,20-21,25-26,35H,14-19H2,1-4H3,(H,30,38)(H,31,37)(H,32,36). The average Bonchev–Trinajstić information content (AvgIpc) is 2.92. The Morgan fingerprint density at radius 3 is 2.05 bits per heavy atom. The SMILES string of the molecule is CC(NC(=O)C(Cc1ccccc1)NC(=O)c1ccc(N2CCN(C)CC2)cc1)C(=O)NC(CO)C(C)C. The molecule has 3 amide bonds. The van der Waals surface area contributed by atoms with Gasteiger partial charge >= 0.3 is 0 Å². The van der Waals surface area contributed by atoms with Crippen molar-refractivity contribution in [3.8, 4) is 0 Å². The molecule has 3 atom stereocenters. The second-order valence-corrected chi connectivity index (χ2v) is 10.3. The van der Waals surface area contributed by atoms with Crippen molar-refractivity contribution in [3.05, 3.63) is 65.7 Å². The number of amides is 3. The van der Waals surface area contributed by atoms with Crippen molar-refractivity contribution < 1.29 is 19.5 Å². The summed E-state index contributed by atoms with van der Waals surface area (Å²) in [5.74, 6) is -1.16. The van der Waals surface area contributed by atoms with Crippen LogP contribution in [0.2, 0.25) is 0 Å². The molecule has 0 aliphatic carbocycles. The summed E-state index contributed by atoms with van der Waals surface area (Å²) in [6.07, 6.45) is 0.275. The summed E-state index contributed by atoms with van der Waals surface area (Å²) in [5, 5.41) is 17.9. The molecule has 1 aliphatic rings. The van der Waals surface area contributed by atoms with Gasteiger partial charge in [-0.2, -0.15) is 0 Å². The minimum absolute atomic E-state index is 0.0413. The topological polar surface area (TPSA) is 114 Å². The van der Waals surface area contributed by atoms with Gasteiger partial charge in [-0.1, -0.05) is 44.2 Å². The third-order valence-electron chi connectivity index (χ3n) is 6.98. The summed E-state index contributed by atoms with van der Waals surface area (Å²) in [6.45, 7) is 9.04. The Balaban J connectivity index is 1.67. The fraction of sp³-hybridized carbons (Fsp3) is 0.483. The summed E-state index contributed by atoms with van der Waals surface area (Å²) in [6, 6.07) is 14.7. The van der Waals surface area contributed by atoms with E-state index >= 15 is 0 Å². The normalized spacial score (nSPS) is 16.4. The summed E-state index contributed by atoms with van der Waals surface area (Å²) < 4.78 is 0. The van der Waals surface area contributed by atoms with Crippen LogP contribution in [0.15, 0.2) is 54.6 Å². The van der Waals surface area contributed by atoms with Gasteiger partial charge in [0.25, 0.3) is 5.91 Å². The Kier molecular flexibility index (Phi) is 10.7.